The molecule has 2 aromatic heterocycles. The molecule has 0 fully saturated rings. The van der Waals surface area contributed by atoms with Crippen molar-refractivity contribution in [2.75, 3.05) is 17.8 Å². The Hall–Kier alpha value is -0.980. The minimum absolute atomic E-state index is 0.0835. The monoisotopic (exact) mass is 408 g/mol. The molecule has 2 aromatic rings. The van der Waals surface area contributed by atoms with Crippen molar-refractivity contribution in [2.45, 2.75) is 61.8 Å². The quantitative estimate of drug-likeness (QED) is 0.356. The van der Waals surface area contributed by atoms with E-state index < -0.39 is 0 Å². The number of thiophene rings is 1. The number of nitrogens with one attached hydrogen (secondary N) is 1. The molecule has 0 saturated carbocycles. The molecule has 2 rings (SSSR count). The average molecular weight is 409 g/mol. The van der Waals surface area contributed by atoms with Crippen molar-refractivity contribution >= 4 is 46.5 Å². The van der Waals surface area contributed by atoms with Gasteiger partial charge in [0.1, 0.15) is 5.03 Å². The lowest BCUT2D eigenvalue weighted by atomic mass is 9.98. The van der Waals surface area contributed by atoms with Gasteiger partial charge in [0.15, 0.2) is 0 Å². The van der Waals surface area contributed by atoms with E-state index in [4.69, 9.17) is 0 Å². The maximum absolute atomic E-state index is 13.1. The van der Waals surface area contributed by atoms with Gasteiger partial charge in [0, 0.05) is 15.5 Å². The molecule has 1 atom stereocenters. The van der Waals surface area contributed by atoms with Gasteiger partial charge < -0.3 is 5.32 Å². The van der Waals surface area contributed by atoms with E-state index in [2.05, 4.69) is 28.7 Å². The summed E-state index contributed by atoms with van der Waals surface area (Å²) >= 11 is 4.90. The first kappa shape index (κ1) is 21.3. The zero-order valence-electron chi connectivity index (χ0n) is 16.0. The van der Waals surface area contributed by atoms with E-state index >= 15 is 0 Å². The number of amides is 1. The Kier molecular flexibility index (Phi) is 9.02. The minimum Gasteiger partial charge on any atom is -0.322 e. The summed E-state index contributed by atoms with van der Waals surface area (Å²) in [5.41, 5.74) is 1.83. The Morgan fingerprint density at radius 1 is 1.27 bits per heavy atom. The Labute approximate surface area is 169 Å². The van der Waals surface area contributed by atoms with Crippen molar-refractivity contribution in [3.05, 3.63) is 34.2 Å². The van der Waals surface area contributed by atoms with E-state index in [1.807, 2.05) is 31.6 Å². The molecule has 0 saturated heterocycles. The van der Waals surface area contributed by atoms with E-state index in [1.165, 1.54) is 19.3 Å². The van der Waals surface area contributed by atoms with Crippen LogP contribution in [-0.2, 0) is 4.79 Å². The number of carbonyl (C=O) groups is 1. The first-order valence-corrected chi connectivity index (χ1v) is 12.4. The van der Waals surface area contributed by atoms with E-state index in [1.54, 1.807) is 34.9 Å². The minimum atomic E-state index is -0.0856. The highest BCUT2D eigenvalue weighted by atomic mass is 32.2. The van der Waals surface area contributed by atoms with Crippen LogP contribution in [0.5, 0.6) is 0 Å². The van der Waals surface area contributed by atoms with Gasteiger partial charge in [0.05, 0.1) is 11.6 Å². The highest BCUT2D eigenvalue weighted by Crippen LogP contribution is 2.35. The van der Waals surface area contributed by atoms with Crippen LogP contribution in [0.15, 0.2) is 33.5 Å². The van der Waals surface area contributed by atoms with Crippen LogP contribution in [0.2, 0.25) is 0 Å². The topological polar surface area (TPSA) is 42.0 Å². The number of aromatic nitrogens is 1. The Morgan fingerprint density at radius 2 is 2.08 bits per heavy atom. The third kappa shape index (κ3) is 5.76. The molecule has 0 aromatic carbocycles. The second-order valence-electron chi connectivity index (χ2n) is 6.26. The third-order valence-corrected chi connectivity index (χ3v) is 6.72. The molecule has 142 valence electrons. The second-order valence-corrected chi connectivity index (χ2v) is 8.88. The summed E-state index contributed by atoms with van der Waals surface area (Å²) in [6.07, 6.45) is 9.64. The van der Waals surface area contributed by atoms with Crippen LogP contribution < -0.4 is 5.32 Å². The number of anilines is 1. The summed E-state index contributed by atoms with van der Waals surface area (Å²) in [4.78, 5) is 20.0. The van der Waals surface area contributed by atoms with Gasteiger partial charge >= 0.3 is 0 Å². The number of aryl methyl sites for hydroxylation is 1. The van der Waals surface area contributed by atoms with Crippen molar-refractivity contribution in [1.82, 2.24) is 4.98 Å². The van der Waals surface area contributed by atoms with Crippen molar-refractivity contribution in [2.24, 2.45) is 0 Å². The van der Waals surface area contributed by atoms with Crippen LogP contribution in [0.1, 0.15) is 55.5 Å². The maximum atomic E-state index is 13.1. The average Bonchev–Trinajstić information content (AvgIpc) is 3.16. The second kappa shape index (κ2) is 11.0. The number of nitrogens with zero attached hydrogens (tertiary/aromatic N) is 1. The van der Waals surface area contributed by atoms with E-state index in [0.29, 0.717) is 0 Å². The zero-order valence-corrected chi connectivity index (χ0v) is 18.5. The van der Waals surface area contributed by atoms with Gasteiger partial charge in [-0.3, -0.25) is 4.79 Å². The summed E-state index contributed by atoms with van der Waals surface area (Å²) in [6.45, 7) is 4.20. The zero-order chi connectivity index (χ0) is 18.9. The van der Waals surface area contributed by atoms with Gasteiger partial charge in [-0.2, -0.15) is 0 Å². The third-order valence-electron chi connectivity index (χ3n) is 4.29. The normalized spacial score (nSPS) is 12.2. The highest BCUT2D eigenvalue weighted by Gasteiger charge is 2.23. The molecule has 1 N–H and O–H groups in total. The van der Waals surface area contributed by atoms with Crippen molar-refractivity contribution in [3.8, 4) is 0 Å². The SMILES string of the molecule is CCCCCCC(C(=O)Nc1c(SC)cc(C)nc1SC)c1cccs1. The predicted molar refractivity (Wildman–Crippen MR) is 117 cm³/mol. The van der Waals surface area contributed by atoms with Gasteiger partial charge in [-0.05, 0) is 43.4 Å². The van der Waals surface area contributed by atoms with Crippen molar-refractivity contribution in [1.29, 1.82) is 0 Å². The van der Waals surface area contributed by atoms with Crippen molar-refractivity contribution < 1.29 is 4.79 Å². The van der Waals surface area contributed by atoms with E-state index in [9.17, 15) is 4.79 Å². The summed E-state index contributed by atoms with van der Waals surface area (Å²) < 4.78 is 0. The number of hydrogen-bond acceptors (Lipinski definition) is 5. The van der Waals surface area contributed by atoms with Gasteiger partial charge in [0.2, 0.25) is 5.91 Å². The van der Waals surface area contributed by atoms with Crippen LogP contribution in [0.3, 0.4) is 0 Å². The van der Waals surface area contributed by atoms with Gasteiger partial charge in [0.25, 0.3) is 0 Å². The molecule has 0 aliphatic heterocycles. The fourth-order valence-electron chi connectivity index (χ4n) is 2.92. The van der Waals surface area contributed by atoms with Crippen LogP contribution in [0.4, 0.5) is 5.69 Å². The Bertz CT molecular complexity index is 676. The number of pyridine rings is 1. The molecule has 0 aliphatic carbocycles. The lowest BCUT2D eigenvalue weighted by molar-refractivity contribution is -0.117. The van der Waals surface area contributed by atoms with Crippen molar-refractivity contribution in [3.63, 3.8) is 0 Å². The molecule has 0 aliphatic rings. The standard InChI is InChI=1S/C20H28N2OS3/c1-5-6-7-8-10-15(16-11-9-12-26-16)19(23)22-18-17(24-3)13-14(2)21-20(18)25-4/h9,11-13,15H,5-8,10H2,1-4H3,(H,22,23). The smallest absolute Gasteiger partial charge is 0.232 e. The molecule has 0 spiro atoms. The fourth-order valence-corrected chi connectivity index (χ4v) is 5.08. The highest BCUT2D eigenvalue weighted by molar-refractivity contribution is 7.99. The predicted octanol–water partition coefficient (Wildman–Crippen LogP) is 6.59. The molecule has 1 amide bonds. The first-order chi connectivity index (χ1) is 12.6. The number of rotatable bonds is 10. The molecule has 26 heavy (non-hydrogen) atoms. The molecule has 2 heterocycles. The van der Waals surface area contributed by atoms with Crippen LogP contribution in [0, 0.1) is 6.92 Å². The Morgan fingerprint density at radius 3 is 2.69 bits per heavy atom. The number of hydrogen-bond donors (Lipinski definition) is 1. The summed E-state index contributed by atoms with van der Waals surface area (Å²) in [5, 5.41) is 6.14. The van der Waals surface area contributed by atoms with E-state index in [-0.39, 0.29) is 11.8 Å². The number of thioether (sulfide) groups is 2. The van der Waals surface area contributed by atoms with Crippen LogP contribution >= 0.6 is 34.9 Å². The lowest BCUT2D eigenvalue weighted by Crippen LogP contribution is -2.21. The van der Waals surface area contributed by atoms with Crippen LogP contribution in [0.25, 0.3) is 0 Å². The summed E-state index contributed by atoms with van der Waals surface area (Å²) in [5.74, 6) is -0.00206. The maximum Gasteiger partial charge on any atom is 0.232 e. The number of carbonyl (C=O) groups excluding carboxylic acids is 1. The first-order valence-electron chi connectivity index (χ1n) is 9.04. The fraction of sp³-hybridized carbons (Fsp3) is 0.500. The summed E-state index contributed by atoms with van der Waals surface area (Å²) in [6, 6.07) is 6.15. The Balaban J connectivity index is 2.21. The van der Waals surface area contributed by atoms with Gasteiger partial charge in [-0.15, -0.1) is 34.9 Å². The van der Waals surface area contributed by atoms with Gasteiger partial charge in [-0.1, -0.05) is 38.7 Å². The molecule has 3 nitrogen and oxygen atoms in total. The molecule has 0 bridgehead atoms. The summed E-state index contributed by atoms with van der Waals surface area (Å²) in [7, 11) is 0. The molecular formula is C20H28N2OS3. The molecule has 6 heteroatoms. The number of unbranched alkanes of at least 4 members (excludes halogenated alkanes) is 3. The van der Waals surface area contributed by atoms with E-state index in [0.717, 1.165) is 39.0 Å². The largest absolute Gasteiger partial charge is 0.322 e. The van der Waals surface area contributed by atoms with Gasteiger partial charge in [-0.25, -0.2) is 4.98 Å². The van der Waals surface area contributed by atoms with Crippen LogP contribution in [-0.4, -0.2) is 23.4 Å². The lowest BCUT2D eigenvalue weighted by Gasteiger charge is -2.19. The molecule has 0 radical (unpaired) electrons. The molecular weight excluding hydrogens is 380 g/mol. The molecule has 1 unspecified atom stereocenters.